The molecule has 0 aliphatic carbocycles. The molecule has 33 heavy (non-hydrogen) atoms. The maximum Gasteiger partial charge on any atom is 0.234 e. The van der Waals surface area contributed by atoms with Gasteiger partial charge in [-0.3, -0.25) is 9.38 Å². The summed E-state index contributed by atoms with van der Waals surface area (Å²) in [5.74, 6) is 0.719. The summed E-state index contributed by atoms with van der Waals surface area (Å²) < 4.78 is 2.04. The van der Waals surface area contributed by atoms with E-state index in [1.165, 1.54) is 21.5 Å². The molecule has 0 saturated heterocycles. The van der Waals surface area contributed by atoms with Gasteiger partial charge >= 0.3 is 0 Å². The second-order valence-electron chi connectivity index (χ2n) is 9.75. The molecule has 0 aliphatic rings. The molecule has 6 aromatic rings. The lowest BCUT2D eigenvalue weighted by Crippen LogP contribution is -2.44. The first-order valence-corrected chi connectivity index (χ1v) is 14.6. The van der Waals surface area contributed by atoms with Crippen molar-refractivity contribution in [2.75, 3.05) is 0 Å². The molecule has 5 heteroatoms. The van der Waals surface area contributed by atoms with E-state index in [0.717, 1.165) is 33.3 Å². The number of imidazole rings is 1. The van der Waals surface area contributed by atoms with E-state index in [1.54, 1.807) is 6.20 Å². The van der Waals surface area contributed by atoms with Crippen molar-refractivity contribution < 1.29 is 0 Å². The zero-order chi connectivity index (χ0) is 22.7. The third-order valence-corrected chi connectivity index (χ3v) is 12.0. The number of fused-ring (bicyclic) bond motifs is 6. The van der Waals surface area contributed by atoms with Gasteiger partial charge in [-0.25, -0.2) is 9.97 Å². The normalized spacial score (nSPS) is 12.5. The van der Waals surface area contributed by atoms with Crippen LogP contribution in [-0.4, -0.2) is 27.4 Å². The summed E-state index contributed by atoms with van der Waals surface area (Å²) in [6, 6.07) is 21.8. The number of hydrogen-bond donors (Lipinski definition) is 0. The van der Waals surface area contributed by atoms with Crippen LogP contribution in [0.15, 0.2) is 79.3 Å². The molecule has 0 unspecified atom stereocenters. The minimum absolute atomic E-state index is 0.644. The summed E-state index contributed by atoms with van der Waals surface area (Å²) >= 11 is 0. The van der Waals surface area contributed by atoms with Gasteiger partial charge in [-0.2, -0.15) is 0 Å². The molecule has 0 saturated carbocycles. The molecule has 6 rings (SSSR count). The molecule has 4 nitrogen and oxygen atoms in total. The fourth-order valence-electron chi connectivity index (χ4n) is 4.70. The van der Waals surface area contributed by atoms with Crippen molar-refractivity contribution in [1.82, 2.24) is 19.4 Å². The molecule has 3 aromatic heterocycles. The van der Waals surface area contributed by atoms with Crippen LogP contribution in [-0.2, 0) is 0 Å². The predicted molar refractivity (Wildman–Crippen MR) is 141 cm³/mol. The van der Waals surface area contributed by atoms with E-state index in [9.17, 15) is 0 Å². The summed E-state index contributed by atoms with van der Waals surface area (Å²) in [6.45, 7) is 9.67. The van der Waals surface area contributed by atoms with Crippen LogP contribution in [0.25, 0.3) is 49.6 Å². The topological polar surface area (TPSA) is 43.1 Å². The average molecular weight is 447 g/mol. The van der Waals surface area contributed by atoms with Crippen LogP contribution in [0, 0.1) is 0 Å². The fourth-order valence-corrected chi connectivity index (χ4v) is 6.77. The Hall–Kier alpha value is -3.57. The highest BCUT2D eigenvalue weighted by atomic mass is 28.3. The Morgan fingerprint density at radius 3 is 2.55 bits per heavy atom. The fraction of sp³-hybridized carbons (Fsp3) is 0.179. The molecule has 0 N–H and O–H groups in total. The summed E-state index contributed by atoms with van der Waals surface area (Å²) in [6.07, 6.45) is 5.77. The second-order valence-corrected chi connectivity index (χ2v) is 14.9. The number of benzene rings is 3. The van der Waals surface area contributed by atoms with Gasteiger partial charge in [0.2, 0.25) is 5.78 Å². The maximum atomic E-state index is 4.88. The molecule has 0 atom stereocenters. The molecular formula is C28H26N4Si. The van der Waals surface area contributed by atoms with Gasteiger partial charge in [0.15, 0.2) is 0 Å². The number of aromatic nitrogens is 4. The first kappa shape index (κ1) is 20.1. The summed E-state index contributed by atoms with van der Waals surface area (Å²) in [5.41, 5.74) is 4.83. The standard InChI is InChI=1S/C28H26N4Si/c1-18(2)33(3,4)26-15-21(14-19-8-5-6-9-22(19)26)24-16-23-20(17-30-24)10-11-25-27(23)31-28-29-12-7-13-32(25)28/h5-18H,1-4H3. The number of nitrogens with zero attached hydrogens (tertiary/aromatic N) is 4. The van der Waals surface area contributed by atoms with Crippen LogP contribution < -0.4 is 5.19 Å². The van der Waals surface area contributed by atoms with E-state index >= 15 is 0 Å². The summed E-state index contributed by atoms with van der Waals surface area (Å²) in [7, 11) is -1.66. The van der Waals surface area contributed by atoms with Crippen LogP contribution in [0.5, 0.6) is 0 Å². The Bertz CT molecular complexity index is 1680. The molecule has 0 fully saturated rings. The van der Waals surface area contributed by atoms with Crippen molar-refractivity contribution >= 4 is 51.6 Å². The Labute approximate surface area is 194 Å². The van der Waals surface area contributed by atoms with Crippen molar-refractivity contribution in [1.29, 1.82) is 0 Å². The molecular weight excluding hydrogens is 420 g/mol. The molecule has 0 spiro atoms. The molecule has 0 radical (unpaired) electrons. The second kappa shape index (κ2) is 7.22. The van der Waals surface area contributed by atoms with Crippen LogP contribution in [0.1, 0.15) is 13.8 Å². The van der Waals surface area contributed by atoms with Crippen molar-refractivity contribution in [2.45, 2.75) is 32.5 Å². The minimum Gasteiger partial charge on any atom is -0.284 e. The van der Waals surface area contributed by atoms with E-state index in [-0.39, 0.29) is 0 Å². The highest BCUT2D eigenvalue weighted by Crippen LogP contribution is 2.31. The van der Waals surface area contributed by atoms with Gasteiger partial charge in [0, 0.05) is 34.9 Å². The Balaban J connectivity index is 1.63. The largest absolute Gasteiger partial charge is 0.284 e. The highest BCUT2D eigenvalue weighted by molar-refractivity contribution is 6.92. The molecule has 3 heterocycles. The predicted octanol–water partition coefficient (Wildman–Crippen LogP) is 6.58. The number of rotatable bonds is 3. The lowest BCUT2D eigenvalue weighted by Gasteiger charge is -2.29. The van der Waals surface area contributed by atoms with Crippen LogP contribution in [0.2, 0.25) is 18.6 Å². The van der Waals surface area contributed by atoms with Gasteiger partial charge in [-0.1, -0.05) is 68.5 Å². The van der Waals surface area contributed by atoms with Crippen molar-refractivity contribution in [3.63, 3.8) is 0 Å². The monoisotopic (exact) mass is 446 g/mol. The Morgan fingerprint density at radius 2 is 1.70 bits per heavy atom. The quantitative estimate of drug-likeness (QED) is 0.289. The lowest BCUT2D eigenvalue weighted by atomic mass is 10.0. The Morgan fingerprint density at radius 1 is 0.848 bits per heavy atom. The van der Waals surface area contributed by atoms with Crippen LogP contribution in [0.4, 0.5) is 0 Å². The van der Waals surface area contributed by atoms with Gasteiger partial charge < -0.3 is 0 Å². The molecule has 3 aromatic carbocycles. The number of hydrogen-bond acceptors (Lipinski definition) is 3. The average Bonchev–Trinajstić information content (AvgIpc) is 3.22. The lowest BCUT2D eigenvalue weighted by molar-refractivity contribution is 1.02. The minimum atomic E-state index is -1.66. The van der Waals surface area contributed by atoms with Gasteiger partial charge in [-0.15, -0.1) is 0 Å². The van der Waals surface area contributed by atoms with E-state index in [0.29, 0.717) is 5.54 Å². The van der Waals surface area contributed by atoms with Gasteiger partial charge in [-0.05, 0) is 40.6 Å². The molecule has 0 amide bonds. The van der Waals surface area contributed by atoms with Crippen molar-refractivity contribution in [2.24, 2.45) is 0 Å². The van der Waals surface area contributed by atoms with Gasteiger partial charge in [0.05, 0.1) is 24.8 Å². The smallest absolute Gasteiger partial charge is 0.234 e. The van der Waals surface area contributed by atoms with Gasteiger partial charge in [0.25, 0.3) is 0 Å². The number of pyridine rings is 1. The summed E-state index contributed by atoms with van der Waals surface area (Å²) in [5, 5.41) is 6.36. The molecule has 0 aliphatic heterocycles. The van der Waals surface area contributed by atoms with E-state index < -0.39 is 8.07 Å². The SMILES string of the molecule is CC(C)[Si](C)(C)c1cc(-c2cc3c(ccc4c3nc3ncccn34)cn2)cc2ccccc12. The van der Waals surface area contributed by atoms with Crippen molar-refractivity contribution in [3.05, 3.63) is 79.3 Å². The third-order valence-electron chi connectivity index (χ3n) is 7.35. The zero-order valence-corrected chi connectivity index (χ0v) is 20.4. The van der Waals surface area contributed by atoms with Crippen molar-refractivity contribution in [3.8, 4) is 11.3 Å². The Kier molecular flexibility index (Phi) is 4.39. The van der Waals surface area contributed by atoms with E-state index in [4.69, 9.17) is 9.97 Å². The van der Waals surface area contributed by atoms with Crippen LogP contribution >= 0.6 is 0 Å². The maximum absolute atomic E-state index is 4.88. The first-order chi connectivity index (χ1) is 15.9. The molecule has 0 bridgehead atoms. The first-order valence-electron chi connectivity index (χ1n) is 11.5. The van der Waals surface area contributed by atoms with E-state index in [2.05, 4.69) is 86.5 Å². The highest BCUT2D eigenvalue weighted by Gasteiger charge is 2.29. The van der Waals surface area contributed by atoms with Crippen LogP contribution in [0.3, 0.4) is 0 Å². The van der Waals surface area contributed by atoms with Gasteiger partial charge in [0.1, 0.15) is 0 Å². The van der Waals surface area contributed by atoms with E-state index in [1.807, 2.05) is 22.9 Å². The molecule has 162 valence electrons. The summed E-state index contributed by atoms with van der Waals surface area (Å²) in [4.78, 5) is 14.2. The zero-order valence-electron chi connectivity index (χ0n) is 19.4. The third kappa shape index (κ3) is 3.07.